The van der Waals surface area contributed by atoms with Crippen LogP contribution in [0.4, 0.5) is 4.79 Å². The Kier molecular flexibility index (Phi) is 7.50. The first-order valence-electron chi connectivity index (χ1n) is 7.75. The number of carboxylic acid groups (broad SMARTS) is 1. The third-order valence-electron chi connectivity index (χ3n) is 4.16. The van der Waals surface area contributed by atoms with Crippen molar-refractivity contribution in [1.82, 2.24) is 9.80 Å². The smallest absolute Gasteiger partial charge is 0.320 e. The molecule has 0 spiro atoms. The number of amides is 2. The van der Waals surface area contributed by atoms with Crippen LogP contribution in [0.5, 0.6) is 0 Å². The summed E-state index contributed by atoms with van der Waals surface area (Å²) >= 11 is 0. The number of carbonyl (C=O) groups excluding carboxylic acids is 1. The third kappa shape index (κ3) is 5.53. The summed E-state index contributed by atoms with van der Waals surface area (Å²) in [6, 6.07) is 0.170. The Morgan fingerprint density at radius 1 is 1.48 bits per heavy atom. The van der Waals surface area contributed by atoms with E-state index in [2.05, 4.69) is 6.92 Å². The average molecular weight is 300 g/mol. The Morgan fingerprint density at radius 2 is 2.19 bits per heavy atom. The van der Waals surface area contributed by atoms with E-state index in [1.807, 2.05) is 11.8 Å². The standard InChI is InChI=1S/C15H28N2O4/c1-4-12(2)17(8-9-21-3)15(20)16-7-5-6-13(11-16)10-14(18)19/h12-13H,4-11H2,1-3H3,(H,18,19). The van der Waals surface area contributed by atoms with Gasteiger partial charge in [0.25, 0.3) is 0 Å². The van der Waals surface area contributed by atoms with Crippen molar-refractivity contribution in [3.05, 3.63) is 0 Å². The van der Waals surface area contributed by atoms with Crippen molar-refractivity contribution in [2.45, 2.75) is 45.6 Å². The number of urea groups is 1. The first kappa shape index (κ1) is 17.8. The summed E-state index contributed by atoms with van der Waals surface area (Å²) < 4.78 is 5.09. The van der Waals surface area contributed by atoms with Gasteiger partial charge in [-0.1, -0.05) is 6.92 Å². The fraction of sp³-hybridized carbons (Fsp3) is 0.867. The van der Waals surface area contributed by atoms with E-state index in [-0.39, 0.29) is 24.4 Å². The number of methoxy groups -OCH3 is 1. The van der Waals surface area contributed by atoms with Crippen LogP contribution in [0.2, 0.25) is 0 Å². The molecule has 2 atom stereocenters. The van der Waals surface area contributed by atoms with Crippen LogP contribution in [0.25, 0.3) is 0 Å². The highest BCUT2D eigenvalue weighted by molar-refractivity contribution is 5.75. The Balaban J connectivity index is 2.66. The van der Waals surface area contributed by atoms with E-state index in [1.54, 1.807) is 12.0 Å². The molecule has 0 bridgehead atoms. The predicted octanol–water partition coefficient (Wildman–Crippen LogP) is 2.04. The average Bonchev–Trinajstić information content (AvgIpc) is 2.46. The molecule has 2 amide bonds. The summed E-state index contributed by atoms with van der Waals surface area (Å²) in [6.07, 6.45) is 2.80. The van der Waals surface area contributed by atoms with Crippen LogP contribution in [0.15, 0.2) is 0 Å². The van der Waals surface area contributed by atoms with E-state index < -0.39 is 5.97 Å². The van der Waals surface area contributed by atoms with Crippen molar-refractivity contribution in [3.8, 4) is 0 Å². The molecule has 1 saturated heterocycles. The molecule has 6 heteroatoms. The number of ether oxygens (including phenoxy) is 1. The zero-order chi connectivity index (χ0) is 15.8. The van der Waals surface area contributed by atoms with E-state index in [0.717, 1.165) is 25.8 Å². The normalized spacial score (nSPS) is 20.1. The summed E-state index contributed by atoms with van der Waals surface area (Å²) in [5, 5.41) is 8.91. The van der Waals surface area contributed by atoms with Gasteiger partial charge in [0, 0.05) is 39.2 Å². The molecular formula is C15H28N2O4. The number of hydrogen-bond acceptors (Lipinski definition) is 3. The summed E-state index contributed by atoms with van der Waals surface area (Å²) in [5.74, 6) is -0.714. The van der Waals surface area contributed by atoms with E-state index in [9.17, 15) is 9.59 Å². The maximum atomic E-state index is 12.7. The van der Waals surface area contributed by atoms with Gasteiger partial charge < -0.3 is 19.6 Å². The topological polar surface area (TPSA) is 70.1 Å². The van der Waals surface area contributed by atoms with Gasteiger partial charge >= 0.3 is 12.0 Å². The maximum absolute atomic E-state index is 12.7. The molecule has 1 aliphatic rings. The molecule has 122 valence electrons. The van der Waals surface area contributed by atoms with Crippen molar-refractivity contribution < 1.29 is 19.4 Å². The van der Waals surface area contributed by atoms with Gasteiger partial charge in [0.05, 0.1) is 6.61 Å². The van der Waals surface area contributed by atoms with Gasteiger partial charge in [0.1, 0.15) is 0 Å². The van der Waals surface area contributed by atoms with Gasteiger partial charge in [0.15, 0.2) is 0 Å². The lowest BCUT2D eigenvalue weighted by molar-refractivity contribution is -0.138. The van der Waals surface area contributed by atoms with Gasteiger partial charge in [0.2, 0.25) is 0 Å². The van der Waals surface area contributed by atoms with Gasteiger partial charge in [-0.3, -0.25) is 4.79 Å². The van der Waals surface area contributed by atoms with E-state index in [4.69, 9.17) is 9.84 Å². The molecule has 1 aliphatic heterocycles. The van der Waals surface area contributed by atoms with Crippen molar-refractivity contribution in [2.75, 3.05) is 33.4 Å². The molecule has 1 rings (SSSR count). The minimum Gasteiger partial charge on any atom is -0.481 e. The lowest BCUT2D eigenvalue weighted by Crippen LogP contribution is -2.51. The summed E-state index contributed by atoms with van der Waals surface area (Å²) in [4.78, 5) is 27.2. The van der Waals surface area contributed by atoms with Crippen molar-refractivity contribution in [3.63, 3.8) is 0 Å². The fourth-order valence-corrected chi connectivity index (χ4v) is 2.75. The van der Waals surface area contributed by atoms with Crippen LogP contribution in [0.1, 0.15) is 39.5 Å². The zero-order valence-corrected chi connectivity index (χ0v) is 13.4. The van der Waals surface area contributed by atoms with Crippen LogP contribution in [-0.4, -0.2) is 66.3 Å². The fourth-order valence-electron chi connectivity index (χ4n) is 2.75. The van der Waals surface area contributed by atoms with Gasteiger partial charge in [-0.05, 0) is 32.1 Å². The molecule has 6 nitrogen and oxygen atoms in total. The molecule has 0 aromatic rings. The SMILES string of the molecule is CCC(C)N(CCOC)C(=O)N1CCCC(CC(=O)O)C1. The molecule has 1 fully saturated rings. The molecule has 2 unspecified atom stereocenters. The second kappa shape index (κ2) is 8.87. The van der Waals surface area contributed by atoms with Crippen LogP contribution in [-0.2, 0) is 9.53 Å². The van der Waals surface area contributed by atoms with E-state index >= 15 is 0 Å². The van der Waals surface area contributed by atoms with Gasteiger partial charge in [-0.2, -0.15) is 0 Å². The number of carbonyl (C=O) groups is 2. The summed E-state index contributed by atoms with van der Waals surface area (Å²) in [5.41, 5.74) is 0. The molecule has 0 saturated carbocycles. The number of carboxylic acids is 1. The van der Waals surface area contributed by atoms with Crippen molar-refractivity contribution >= 4 is 12.0 Å². The van der Waals surface area contributed by atoms with Gasteiger partial charge in [-0.15, -0.1) is 0 Å². The number of nitrogens with zero attached hydrogens (tertiary/aromatic N) is 2. The molecule has 0 aromatic heterocycles. The Morgan fingerprint density at radius 3 is 2.76 bits per heavy atom. The Bertz CT molecular complexity index is 349. The summed E-state index contributed by atoms with van der Waals surface area (Å²) in [7, 11) is 1.63. The van der Waals surface area contributed by atoms with E-state index in [0.29, 0.717) is 19.7 Å². The van der Waals surface area contributed by atoms with E-state index in [1.165, 1.54) is 0 Å². The highest BCUT2D eigenvalue weighted by Crippen LogP contribution is 2.21. The van der Waals surface area contributed by atoms with Gasteiger partial charge in [-0.25, -0.2) is 4.79 Å². The minimum atomic E-state index is -0.785. The van der Waals surface area contributed by atoms with Crippen molar-refractivity contribution in [2.24, 2.45) is 5.92 Å². The number of aliphatic carboxylic acids is 1. The molecule has 0 radical (unpaired) electrons. The molecule has 1 N–H and O–H groups in total. The first-order chi connectivity index (χ1) is 9.99. The Hall–Kier alpha value is -1.30. The second-order valence-electron chi connectivity index (χ2n) is 5.78. The number of likely N-dealkylation sites (tertiary alicyclic amines) is 1. The molecular weight excluding hydrogens is 272 g/mol. The molecule has 1 heterocycles. The number of piperidine rings is 1. The van der Waals surface area contributed by atoms with Crippen LogP contribution in [0.3, 0.4) is 0 Å². The number of hydrogen-bond donors (Lipinski definition) is 1. The maximum Gasteiger partial charge on any atom is 0.320 e. The third-order valence-corrected chi connectivity index (χ3v) is 4.16. The largest absolute Gasteiger partial charge is 0.481 e. The van der Waals surface area contributed by atoms with Crippen molar-refractivity contribution in [1.29, 1.82) is 0 Å². The second-order valence-corrected chi connectivity index (χ2v) is 5.78. The highest BCUT2D eigenvalue weighted by Gasteiger charge is 2.29. The lowest BCUT2D eigenvalue weighted by Gasteiger charge is -2.38. The lowest BCUT2D eigenvalue weighted by atomic mass is 9.95. The highest BCUT2D eigenvalue weighted by atomic mass is 16.5. The molecule has 0 aliphatic carbocycles. The van der Waals surface area contributed by atoms with Crippen LogP contribution in [0, 0.1) is 5.92 Å². The molecule has 21 heavy (non-hydrogen) atoms. The molecule has 0 aromatic carbocycles. The Labute approximate surface area is 127 Å². The van der Waals surface area contributed by atoms with Crippen LogP contribution < -0.4 is 0 Å². The number of rotatable bonds is 7. The first-order valence-corrected chi connectivity index (χ1v) is 7.75. The predicted molar refractivity (Wildman–Crippen MR) is 80.3 cm³/mol. The van der Waals surface area contributed by atoms with Crippen LogP contribution >= 0.6 is 0 Å². The quantitative estimate of drug-likeness (QED) is 0.781. The summed E-state index contributed by atoms with van der Waals surface area (Å²) in [6.45, 7) is 6.44. The minimum absolute atomic E-state index is 0.0106. The zero-order valence-electron chi connectivity index (χ0n) is 13.4. The monoisotopic (exact) mass is 300 g/mol.